The molecule has 47 nitrogen and oxygen atoms in total. The number of carbonyl (C=O) groups is 2. The lowest BCUT2D eigenvalue weighted by atomic mass is 9.94. The van der Waals surface area contributed by atoms with Crippen molar-refractivity contribution in [2.75, 3.05) is 26.4 Å². The van der Waals surface area contributed by atoms with E-state index in [1.807, 2.05) is 0 Å². The summed E-state index contributed by atoms with van der Waals surface area (Å²) in [6.07, 6.45) is -93.1. The van der Waals surface area contributed by atoms with Crippen LogP contribution in [0, 0.1) is 0 Å². The van der Waals surface area contributed by atoms with Gasteiger partial charge < -0.3 is 223 Å². The molecule has 0 aromatic rings. The number of ether oxygens (including phenoxy) is 19. The standard InChI is InChI=1S/C64H108N2O45/c1-13-27(73)35(81)41(87)57(93-13)110-53-39(85)29(75)14(2)94-62(53)107-51-45(91)61(98-18(6)47(51)104-59-43(89)37(83)32(78)22(10-68)102-59)106-49-26(66-20(8)72)56(100-24(12-70)34(49)80)109-52-38(84)28(74)16(4)96-64(52)111-54-40(86)30(76)15(3)95-63(54)108-50-44(90)60(105-48-25(65-19(7)71)55(92)99-23(11-69)33(48)79)97-17(5)46(50)103-58-42(88)36(82)31(77)21(9-67)101-58/h13-18,21-64,67-70,73-92H,9-12H2,1-8H3,(H,65,71)(H,66,72). The Morgan fingerprint density at radius 3 is 0.847 bits per heavy atom. The molecule has 0 radical (unpaired) electrons. The number of hydrogen-bond acceptors (Lipinski definition) is 45. The van der Waals surface area contributed by atoms with E-state index in [0.717, 1.165) is 13.8 Å². The van der Waals surface area contributed by atoms with Gasteiger partial charge in [0, 0.05) is 13.8 Å². The third kappa shape index (κ3) is 19.1. The van der Waals surface area contributed by atoms with Gasteiger partial charge in [-0.1, -0.05) is 0 Å². The molecule has 644 valence electrons. The molecule has 50 atom stereocenters. The van der Waals surface area contributed by atoms with Crippen molar-refractivity contribution in [1.82, 2.24) is 10.6 Å². The van der Waals surface area contributed by atoms with Gasteiger partial charge in [0.1, 0.15) is 207 Å². The molecule has 50 unspecified atom stereocenters. The maximum absolute atomic E-state index is 13.5. The first-order valence-electron chi connectivity index (χ1n) is 36.3. The molecule has 0 aliphatic carbocycles. The summed E-state index contributed by atoms with van der Waals surface area (Å²) in [6, 6.07) is -3.63. The highest BCUT2D eigenvalue weighted by atomic mass is 16.8. The largest absolute Gasteiger partial charge is 0.394 e. The van der Waals surface area contributed by atoms with Crippen molar-refractivity contribution >= 4 is 11.8 Å². The van der Waals surface area contributed by atoms with Crippen LogP contribution in [-0.2, 0) is 99.6 Å². The molecule has 10 saturated heterocycles. The van der Waals surface area contributed by atoms with Crippen molar-refractivity contribution in [3.05, 3.63) is 0 Å². The number of aliphatic hydroxyl groups is 24. The molecule has 10 heterocycles. The monoisotopic (exact) mass is 1620 g/mol. The number of carbonyl (C=O) groups excluding carboxylic acids is 2. The summed E-state index contributed by atoms with van der Waals surface area (Å²) in [4.78, 5) is 25.9. The summed E-state index contributed by atoms with van der Waals surface area (Å²) in [5.74, 6) is -1.75. The topological polar surface area (TPSA) is 719 Å². The van der Waals surface area contributed by atoms with Crippen molar-refractivity contribution < 1.29 is 222 Å². The second-order valence-corrected chi connectivity index (χ2v) is 29.4. The van der Waals surface area contributed by atoms with Crippen LogP contribution < -0.4 is 10.6 Å². The predicted octanol–water partition coefficient (Wildman–Crippen LogP) is -16.4. The SMILES string of the molecule is CC(=O)NC1C(O)OC(CO)C(O)C1OC1OC(C)C(OC2OC(CO)C(O)C(O)C2O)C(OC2OC(C)C(O)C(O)C2OC2OC(C)C(O)C(O)C2OC2OC(CO)C(O)C(OC3OC(C)C(OC4OC(CO)C(O)C(O)C4O)C(OC4OC(C)C(O)C(O)C4OC4OC(C)C(O)C(O)C4O)C3O)C2NC(C)=O)C1O. The second kappa shape index (κ2) is 38.1. The zero-order valence-corrected chi connectivity index (χ0v) is 61.0. The summed E-state index contributed by atoms with van der Waals surface area (Å²) in [5, 5.41) is 273. The van der Waals surface area contributed by atoms with Crippen molar-refractivity contribution in [3.8, 4) is 0 Å². The van der Waals surface area contributed by atoms with Gasteiger partial charge in [-0.05, 0) is 41.5 Å². The quantitative estimate of drug-likeness (QED) is 0.0427. The third-order valence-corrected chi connectivity index (χ3v) is 21.4. The van der Waals surface area contributed by atoms with Gasteiger partial charge in [0.15, 0.2) is 62.9 Å². The van der Waals surface area contributed by atoms with E-state index in [1.54, 1.807) is 0 Å². The summed E-state index contributed by atoms with van der Waals surface area (Å²) >= 11 is 0. The van der Waals surface area contributed by atoms with E-state index >= 15 is 0 Å². The summed E-state index contributed by atoms with van der Waals surface area (Å²) in [5.41, 5.74) is 0. The van der Waals surface area contributed by atoms with Crippen LogP contribution in [0.5, 0.6) is 0 Å². The van der Waals surface area contributed by atoms with E-state index in [4.69, 9.17) is 90.0 Å². The average Bonchev–Trinajstić information content (AvgIpc) is 0.762. The first-order chi connectivity index (χ1) is 52.3. The summed E-state index contributed by atoms with van der Waals surface area (Å²) < 4.78 is 115. The molecule has 2 amide bonds. The number of nitrogens with one attached hydrogen (secondary N) is 2. The van der Waals surface area contributed by atoms with E-state index in [0.29, 0.717) is 0 Å². The fourth-order valence-electron chi connectivity index (χ4n) is 14.9. The van der Waals surface area contributed by atoms with E-state index < -0.39 is 345 Å². The van der Waals surface area contributed by atoms with Crippen molar-refractivity contribution in [2.45, 2.75) is 362 Å². The van der Waals surface area contributed by atoms with Crippen molar-refractivity contribution in [3.63, 3.8) is 0 Å². The van der Waals surface area contributed by atoms with Crippen molar-refractivity contribution in [1.29, 1.82) is 0 Å². The van der Waals surface area contributed by atoms with Gasteiger partial charge in [-0.15, -0.1) is 0 Å². The van der Waals surface area contributed by atoms with Gasteiger partial charge in [0.05, 0.1) is 63.1 Å². The zero-order valence-electron chi connectivity index (χ0n) is 61.0. The molecule has 111 heavy (non-hydrogen) atoms. The van der Waals surface area contributed by atoms with Crippen LogP contribution in [0.1, 0.15) is 55.4 Å². The lowest BCUT2D eigenvalue weighted by Crippen LogP contribution is -2.70. The lowest BCUT2D eigenvalue weighted by molar-refractivity contribution is -0.411. The Morgan fingerprint density at radius 1 is 0.234 bits per heavy atom. The molecule has 0 aromatic carbocycles. The Bertz CT molecular complexity index is 2930. The average molecular weight is 1630 g/mol. The normalized spacial score (nSPS) is 53.6. The Hall–Kier alpha value is -2.78. The third-order valence-electron chi connectivity index (χ3n) is 21.4. The molecule has 0 aromatic heterocycles. The van der Waals surface area contributed by atoms with Crippen LogP contribution in [0.4, 0.5) is 0 Å². The van der Waals surface area contributed by atoms with Crippen LogP contribution in [0.2, 0.25) is 0 Å². The van der Waals surface area contributed by atoms with Gasteiger partial charge in [-0.25, -0.2) is 0 Å². The van der Waals surface area contributed by atoms with E-state index in [2.05, 4.69) is 10.6 Å². The van der Waals surface area contributed by atoms with E-state index in [1.165, 1.54) is 41.5 Å². The van der Waals surface area contributed by atoms with E-state index in [9.17, 15) is 132 Å². The van der Waals surface area contributed by atoms with Crippen LogP contribution in [-0.4, -0.2) is 468 Å². The Labute approximate surface area is 631 Å². The molecule has 10 fully saturated rings. The molecule has 10 aliphatic rings. The van der Waals surface area contributed by atoms with Crippen LogP contribution in [0.3, 0.4) is 0 Å². The van der Waals surface area contributed by atoms with Crippen LogP contribution in [0.25, 0.3) is 0 Å². The van der Waals surface area contributed by atoms with Gasteiger partial charge in [0.2, 0.25) is 11.8 Å². The molecule has 10 aliphatic heterocycles. The number of amides is 2. The maximum atomic E-state index is 13.5. The van der Waals surface area contributed by atoms with Crippen LogP contribution in [0.15, 0.2) is 0 Å². The molecule has 10 rings (SSSR count). The highest BCUT2D eigenvalue weighted by Gasteiger charge is 2.62. The predicted molar refractivity (Wildman–Crippen MR) is 344 cm³/mol. The first-order valence-corrected chi connectivity index (χ1v) is 36.3. The number of aliphatic hydroxyl groups excluding tert-OH is 24. The Kier molecular flexibility index (Phi) is 31.1. The van der Waals surface area contributed by atoms with Gasteiger partial charge >= 0.3 is 0 Å². The highest BCUT2D eigenvalue weighted by molar-refractivity contribution is 5.73. The fourth-order valence-corrected chi connectivity index (χ4v) is 14.9. The molecule has 0 spiro atoms. The summed E-state index contributed by atoms with van der Waals surface area (Å²) in [6.45, 7) is 5.57. The minimum Gasteiger partial charge on any atom is -0.394 e. The number of rotatable bonds is 24. The summed E-state index contributed by atoms with van der Waals surface area (Å²) in [7, 11) is 0. The molecule has 26 N–H and O–H groups in total. The smallest absolute Gasteiger partial charge is 0.217 e. The fraction of sp³-hybridized carbons (Fsp3) is 0.969. The molecule has 47 heteroatoms. The second-order valence-electron chi connectivity index (χ2n) is 29.4. The molecule has 0 bridgehead atoms. The first kappa shape index (κ1) is 90.5. The van der Waals surface area contributed by atoms with Crippen LogP contribution >= 0.6 is 0 Å². The Balaban J connectivity index is 0.963. The minimum atomic E-state index is -2.37. The van der Waals surface area contributed by atoms with Gasteiger partial charge in [-0.2, -0.15) is 0 Å². The molecular weight excluding hydrogens is 1520 g/mol. The Morgan fingerprint density at radius 2 is 0.477 bits per heavy atom. The van der Waals surface area contributed by atoms with E-state index in [-0.39, 0.29) is 0 Å². The highest BCUT2D eigenvalue weighted by Crippen LogP contribution is 2.42. The molecular formula is C64H108N2O45. The number of hydrogen-bond donors (Lipinski definition) is 26. The van der Waals surface area contributed by atoms with Gasteiger partial charge in [0.25, 0.3) is 0 Å². The lowest BCUT2D eigenvalue weighted by Gasteiger charge is -2.52. The van der Waals surface area contributed by atoms with Gasteiger partial charge in [-0.3, -0.25) is 9.59 Å². The maximum Gasteiger partial charge on any atom is 0.217 e. The molecule has 0 saturated carbocycles. The van der Waals surface area contributed by atoms with Crippen molar-refractivity contribution in [2.24, 2.45) is 0 Å². The zero-order chi connectivity index (χ0) is 81.7. The minimum absolute atomic E-state index is 0.789.